The molecule has 11 heavy (non-hydrogen) atoms. The highest BCUT2D eigenvalue weighted by atomic mass is 19.1. The molecule has 0 saturated heterocycles. The summed E-state index contributed by atoms with van der Waals surface area (Å²) in [4.78, 5) is 0. The zero-order valence-electron chi connectivity index (χ0n) is 7.39. The minimum absolute atomic E-state index is 0.144. The van der Waals surface area contributed by atoms with Gasteiger partial charge in [0.05, 0.1) is 0 Å². The standard InChI is InChI=1S/C8H9F.C2H6/c1-2-7-4-3-5-8(9)6-7;1-2/h3-6H,2H2,1H3;1-2H3. The molecule has 0 bridgehead atoms. The average molecular weight is 154 g/mol. The first-order valence-corrected chi connectivity index (χ1v) is 4.07. The van der Waals surface area contributed by atoms with E-state index in [4.69, 9.17) is 0 Å². The lowest BCUT2D eigenvalue weighted by Crippen LogP contribution is -1.79. The number of halogens is 1. The van der Waals surface area contributed by atoms with Gasteiger partial charge in [0, 0.05) is 0 Å². The molecule has 0 amide bonds. The van der Waals surface area contributed by atoms with Crippen molar-refractivity contribution in [1.82, 2.24) is 0 Å². The predicted molar refractivity (Wildman–Crippen MR) is 47.1 cm³/mol. The number of rotatable bonds is 1. The molecule has 1 heteroatoms. The molecule has 0 aromatic heterocycles. The van der Waals surface area contributed by atoms with Crippen molar-refractivity contribution in [2.75, 3.05) is 0 Å². The summed E-state index contributed by atoms with van der Waals surface area (Å²) in [7, 11) is 0. The van der Waals surface area contributed by atoms with E-state index in [1.54, 1.807) is 12.1 Å². The summed E-state index contributed by atoms with van der Waals surface area (Å²) in [5.41, 5.74) is 1.05. The minimum atomic E-state index is -0.144. The molecule has 0 N–H and O–H groups in total. The van der Waals surface area contributed by atoms with Gasteiger partial charge in [-0.2, -0.15) is 0 Å². The fraction of sp³-hybridized carbons (Fsp3) is 0.400. The van der Waals surface area contributed by atoms with Crippen molar-refractivity contribution in [3.63, 3.8) is 0 Å². The lowest BCUT2D eigenvalue weighted by molar-refractivity contribution is 0.625. The summed E-state index contributed by atoms with van der Waals surface area (Å²) >= 11 is 0. The van der Waals surface area contributed by atoms with Crippen molar-refractivity contribution in [2.45, 2.75) is 27.2 Å². The third-order valence-electron chi connectivity index (χ3n) is 1.30. The van der Waals surface area contributed by atoms with Crippen LogP contribution in [0.25, 0.3) is 0 Å². The minimum Gasteiger partial charge on any atom is -0.207 e. The molecule has 0 nitrogen and oxygen atoms in total. The molecule has 0 aliphatic rings. The Labute approximate surface area is 68.1 Å². The van der Waals surface area contributed by atoms with Crippen LogP contribution in [0.1, 0.15) is 26.3 Å². The molecule has 0 radical (unpaired) electrons. The van der Waals surface area contributed by atoms with Crippen molar-refractivity contribution >= 4 is 0 Å². The summed E-state index contributed by atoms with van der Waals surface area (Å²) in [6.07, 6.45) is 0.901. The predicted octanol–water partition coefficient (Wildman–Crippen LogP) is 3.41. The van der Waals surface area contributed by atoms with Gasteiger partial charge in [0.2, 0.25) is 0 Å². The highest BCUT2D eigenvalue weighted by Crippen LogP contribution is 2.02. The van der Waals surface area contributed by atoms with Gasteiger partial charge in [-0.25, -0.2) is 4.39 Å². The summed E-state index contributed by atoms with van der Waals surface area (Å²) in [5.74, 6) is -0.144. The second kappa shape index (κ2) is 5.90. The van der Waals surface area contributed by atoms with Crippen LogP contribution in [0.3, 0.4) is 0 Å². The summed E-state index contributed by atoms with van der Waals surface area (Å²) in [6.45, 7) is 6.01. The molecular formula is C10H15F. The number of hydrogen-bond donors (Lipinski definition) is 0. The molecule has 0 atom stereocenters. The molecule has 1 rings (SSSR count). The lowest BCUT2D eigenvalue weighted by atomic mass is 10.2. The molecule has 0 spiro atoms. The second-order valence-electron chi connectivity index (χ2n) is 1.98. The fourth-order valence-corrected chi connectivity index (χ4v) is 0.757. The molecule has 0 unspecified atom stereocenters. The van der Waals surface area contributed by atoms with Crippen LogP contribution in [0.4, 0.5) is 4.39 Å². The van der Waals surface area contributed by atoms with E-state index in [9.17, 15) is 4.39 Å². The highest BCUT2D eigenvalue weighted by molar-refractivity contribution is 5.15. The summed E-state index contributed by atoms with van der Waals surface area (Å²) in [6, 6.07) is 6.66. The van der Waals surface area contributed by atoms with E-state index < -0.39 is 0 Å². The van der Waals surface area contributed by atoms with Gasteiger partial charge in [-0.05, 0) is 24.1 Å². The van der Waals surface area contributed by atoms with Crippen LogP contribution in [0, 0.1) is 5.82 Å². The van der Waals surface area contributed by atoms with Gasteiger partial charge in [0.1, 0.15) is 5.82 Å². The van der Waals surface area contributed by atoms with Crippen LogP contribution in [0.2, 0.25) is 0 Å². The van der Waals surface area contributed by atoms with E-state index in [0.29, 0.717) is 0 Å². The smallest absolute Gasteiger partial charge is 0.123 e. The Balaban J connectivity index is 0.000000461. The van der Waals surface area contributed by atoms with Crippen molar-refractivity contribution in [3.05, 3.63) is 35.6 Å². The molecule has 0 fully saturated rings. The van der Waals surface area contributed by atoms with Crippen LogP contribution in [-0.2, 0) is 6.42 Å². The summed E-state index contributed by atoms with van der Waals surface area (Å²) < 4.78 is 12.4. The number of aryl methyl sites for hydroxylation is 1. The van der Waals surface area contributed by atoms with Gasteiger partial charge >= 0.3 is 0 Å². The van der Waals surface area contributed by atoms with Crippen LogP contribution >= 0.6 is 0 Å². The van der Waals surface area contributed by atoms with Gasteiger partial charge in [0.25, 0.3) is 0 Å². The van der Waals surface area contributed by atoms with Gasteiger partial charge in [-0.3, -0.25) is 0 Å². The normalized spacial score (nSPS) is 8.36. The fourth-order valence-electron chi connectivity index (χ4n) is 0.757. The average Bonchev–Trinajstić information content (AvgIpc) is 2.08. The van der Waals surface area contributed by atoms with E-state index in [-0.39, 0.29) is 5.82 Å². The highest BCUT2D eigenvalue weighted by Gasteiger charge is 1.88. The van der Waals surface area contributed by atoms with Gasteiger partial charge in [-0.1, -0.05) is 32.9 Å². The van der Waals surface area contributed by atoms with E-state index in [0.717, 1.165) is 12.0 Å². The Kier molecular flexibility index (Phi) is 5.44. The molecule has 0 saturated carbocycles. The van der Waals surface area contributed by atoms with Crippen molar-refractivity contribution in [3.8, 4) is 0 Å². The Morgan fingerprint density at radius 2 is 1.91 bits per heavy atom. The third kappa shape index (κ3) is 3.76. The van der Waals surface area contributed by atoms with Crippen molar-refractivity contribution in [2.24, 2.45) is 0 Å². The first kappa shape index (κ1) is 10.2. The molecular weight excluding hydrogens is 139 g/mol. The Morgan fingerprint density at radius 3 is 2.27 bits per heavy atom. The van der Waals surface area contributed by atoms with Crippen molar-refractivity contribution in [1.29, 1.82) is 0 Å². The maximum Gasteiger partial charge on any atom is 0.123 e. The Morgan fingerprint density at radius 1 is 1.27 bits per heavy atom. The molecule has 0 aliphatic heterocycles. The maximum absolute atomic E-state index is 12.4. The molecule has 1 aromatic rings. The van der Waals surface area contributed by atoms with Crippen LogP contribution < -0.4 is 0 Å². The van der Waals surface area contributed by atoms with Gasteiger partial charge in [0.15, 0.2) is 0 Å². The second-order valence-corrected chi connectivity index (χ2v) is 1.98. The lowest BCUT2D eigenvalue weighted by Gasteiger charge is -1.92. The molecule has 0 aliphatic carbocycles. The van der Waals surface area contributed by atoms with E-state index in [2.05, 4.69) is 0 Å². The summed E-state index contributed by atoms with van der Waals surface area (Å²) in [5, 5.41) is 0. The number of hydrogen-bond acceptors (Lipinski definition) is 0. The third-order valence-corrected chi connectivity index (χ3v) is 1.30. The number of benzene rings is 1. The van der Waals surface area contributed by atoms with Gasteiger partial charge < -0.3 is 0 Å². The monoisotopic (exact) mass is 154 g/mol. The van der Waals surface area contributed by atoms with Crippen LogP contribution in [-0.4, -0.2) is 0 Å². The van der Waals surface area contributed by atoms with E-state index in [1.165, 1.54) is 6.07 Å². The molecule has 0 heterocycles. The van der Waals surface area contributed by atoms with Crippen molar-refractivity contribution < 1.29 is 4.39 Å². The SMILES string of the molecule is CC.CCc1cccc(F)c1. The first-order valence-electron chi connectivity index (χ1n) is 4.07. The Hall–Kier alpha value is -0.850. The molecule has 1 aromatic carbocycles. The maximum atomic E-state index is 12.4. The van der Waals surface area contributed by atoms with Crippen LogP contribution in [0.5, 0.6) is 0 Å². The first-order chi connectivity index (χ1) is 5.33. The largest absolute Gasteiger partial charge is 0.207 e. The van der Waals surface area contributed by atoms with E-state index >= 15 is 0 Å². The van der Waals surface area contributed by atoms with Crippen LogP contribution in [0.15, 0.2) is 24.3 Å². The zero-order chi connectivity index (χ0) is 8.69. The molecule has 62 valence electrons. The zero-order valence-corrected chi connectivity index (χ0v) is 7.39. The quantitative estimate of drug-likeness (QED) is 0.581. The topological polar surface area (TPSA) is 0 Å². The van der Waals surface area contributed by atoms with Gasteiger partial charge in [-0.15, -0.1) is 0 Å². The van der Waals surface area contributed by atoms with E-state index in [1.807, 2.05) is 26.8 Å². The Bertz CT molecular complexity index is 194.